The number of benzene rings is 2. The third-order valence-corrected chi connectivity index (χ3v) is 7.24. The van der Waals surface area contributed by atoms with E-state index in [4.69, 9.17) is 11.5 Å². The summed E-state index contributed by atoms with van der Waals surface area (Å²) in [6.07, 6.45) is 1.63. The van der Waals surface area contributed by atoms with Gasteiger partial charge in [-0.1, -0.05) is 56.3 Å². The number of nitrogens with two attached hydrogens (primary N) is 2. The lowest BCUT2D eigenvalue weighted by Crippen LogP contribution is -2.58. The van der Waals surface area contributed by atoms with Crippen LogP contribution in [-0.2, 0) is 36.8 Å². The molecule has 12 heteroatoms. The van der Waals surface area contributed by atoms with Crippen LogP contribution in [0.2, 0.25) is 0 Å². The molecule has 0 saturated carbocycles. The van der Waals surface area contributed by atoms with Gasteiger partial charge >= 0.3 is 0 Å². The fourth-order valence-electron chi connectivity index (χ4n) is 5.08. The molecule has 43 heavy (non-hydrogen) atoms. The van der Waals surface area contributed by atoms with E-state index < -0.39 is 53.7 Å². The minimum absolute atomic E-state index is 0.0518. The summed E-state index contributed by atoms with van der Waals surface area (Å²) in [4.78, 5) is 65.8. The van der Waals surface area contributed by atoms with Crippen LogP contribution in [0.1, 0.15) is 44.2 Å². The molecule has 2 aromatic rings. The number of nitrogens with one attached hydrogen (secondary N) is 3. The number of phenolic OH excluding ortho intramolecular Hbond substituents is 1. The molecular formula is C31H42N6O6. The molecule has 0 aromatic heterocycles. The monoisotopic (exact) mass is 594 g/mol. The standard InChI is InChI=1S/C31H42N6O6/c1-19(2)15-24(29(41)34-18-27(33)39)35-30(42)26-9-6-14-37(26)31(43)25(17-21-10-12-22(38)13-11-21)36-28(40)23(32)16-20-7-4-3-5-8-20/h3-5,7-8,10-13,19,23-26,38H,6,9,14-18,32H2,1-2H3,(H2,33,39)(H,34,41)(H,35,42)(H,36,40). The summed E-state index contributed by atoms with van der Waals surface area (Å²) in [6.45, 7) is 3.72. The molecule has 0 spiro atoms. The number of hydrogen-bond donors (Lipinski definition) is 6. The average Bonchev–Trinajstić information content (AvgIpc) is 3.46. The normalized spacial score (nSPS) is 16.7. The van der Waals surface area contributed by atoms with Gasteiger partial charge < -0.3 is 37.4 Å². The van der Waals surface area contributed by atoms with Gasteiger partial charge in [0.25, 0.3) is 0 Å². The van der Waals surface area contributed by atoms with Gasteiger partial charge in [-0.15, -0.1) is 0 Å². The summed E-state index contributed by atoms with van der Waals surface area (Å²) < 4.78 is 0. The van der Waals surface area contributed by atoms with Crippen LogP contribution in [0.4, 0.5) is 0 Å². The van der Waals surface area contributed by atoms with E-state index in [1.165, 1.54) is 17.0 Å². The first kappa shape index (κ1) is 33.1. The van der Waals surface area contributed by atoms with Gasteiger partial charge in [0.2, 0.25) is 29.5 Å². The largest absolute Gasteiger partial charge is 0.508 e. The van der Waals surface area contributed by atoms with Gasteiger partial charge in [0.1, 0.15) is 23.9 Å². The third-order valence-electron chi connectivity index (χ3n) is 7.24. The zero-order valence-corrected chi connectivity index (χ0v) is 24.6. The Bertz CT molecular complexity index is 1270. The molecule has 0 radical (unpaired) electrons. The van der Waals surface area contributed by atoms with E-state index in [9.17, 15) is 29.1 Å². The highest BCUT2D eigenvalue weighted by Crippen LogP contribution is 2.21. The van der Waals surface area contributed by atoms with Crippen molar-refractivity contribution in [2.75, 3.05) is 13.1 Å². The molecule has 2 aromatic carbocycles. The van der Waals surface area contributed by atoms with Crippen LogP contribution in [0.3, 0.4) is 0 Å². The maximum atomic E-state index is 13.9. The van der Waals surface area contributed by atoms with Gasteiger partial charge in [-0.25, -0.2) is 0 Å². The maximum absolute atomic E-state index is 13.9. The van der Waals surface area contributed by atoms with Gasteiger partial charge in [0.05, 0.1) is 12.6 Å². The molecule has 12 nitrogen and oxygen atoms in total. The molecule has 1 aliphatic rings. The van der Waals surface area contributed by atoms with E-state index in [0.717, 1.165) is 5.56 Å². The van der Waals surface area contributed by atoms with Crippen molar-refractivity contribution in [1.82, 2.24) is 20.9 Å². The van der Waals surface area contributed by atoms with Crippen LogP contribution < -0.4 is 27.4 Å². The smallest absolute Gasteiger partial charge is 0.246 e. The molecule has 3 rings (SSSR count). The summed E-state index contributed by atoms with van der Waals surface area (Å²) in [5.74, 6) is -2.60. The summed E-state index contributed by atoms with van der Waals surface area (Å²) in [5, 5.41) is 17.7. The fraction of sp³-hybridized carbons (Fsp3) is 0.452. The summed E-state index contributed by atoms with van der Waals surface area (Å²) in [7, 11) is 0. The number of primary amides is 1. The van der Waals surface area contributed by atoms with E-state index in [0.29, 0.717) is 24.8 Å². The molecule has 1 saturated heterocycles. The Balaban J connectivity index is 1.77. The van der Waals surface area contributed by atoms with Gasteiger partial charge in [-0.2, -0.15) is 0 Å². The van der Waals surface area contributed by atoms with Crippen LogP contribution in [0.5, 0.6) is 5.75 Å². The van der Waals surface area contributed by atoms with Crippen molar-refractivity contribution in [2.45, 2.75) is 70.1 Å². The second kappa shape index (κ2) is 15.7. The van der Waals surface area contributed by atoms with E-state index >= 15 is 0 Å². The van der Waals surface area contributed by atoms with Gasteiger partial charge in [-0.3, -0.25) is 24.0 Å². The summed E-state index contributed by atoms with van der Waals surface area (Å²) in [5.41, 5.74) is 12.9. The SMILES string of the molecule is CC(C)CC(NC(=O)C1CCCN1C(=O)C(Cc1ccc(O)cc1)NC(=O)C(N)Cc1ccccc1)C(=O)NCC(N)=O. The number of aromatic hydroxyl groups is 1. The van der Waals surface area contributed by atoms with Crippen LogP contribution in [0.15, 0.2) is 54.6 Å². The lowest BCUT2D eigenvalue weighted by atomic mass is 10.0. The zero-order valence-electron chi connectivity index (χ0n) is 24.6. The number of likely N-dealkylation sites (tertiary alicyclic amines) is 1. The number of amides is 5. The Morgan fingerprint density at radius 2 is 1.56 bits per heavy atom. The quantitative estimate of drug-likeness (QED) is 0.178. The number of rotatable bonds is 14. The Morgan fingerprint density at radius 1 is 0.907 bits per heavy atom. The first-order chi connectivity index (χ1) is 20.4. The third kappa shape index (κ3) is 10.1. The van der Waals surface area contributed by atoms with Crippen molar-refractivity contribution < 1.29 is 29.1 Å². The first-order valence-electron chi connectivity index (χ1n) is 14.5. The highest BCUT2D eigenvalue weighted by Gasteiger charge is 2.39. The molecule has 1 heterocycles. The van der Waals surface area contributed by atoms with Crippen molar-refractivity contribution in [3.8, 4) is 5.75 Å². The Hall–Kier alpha value is -4.45. The van der Waals surface area contributed by atoms with Gasteiger partial charge in [-0.05, 0) is 54.9 Å². The minimum Gasteiger partial charge on any atom is -0.508 e. The van der Waals surface area contributed by atoms with Crippen LogP contribution in [0.25, 0.3) is 0 Å². The molecule has 5 amide bonds. The molecule has 0 bridgehead atoms. The minimum atomic E-state index is -1.03. The number of hydrogen-bond acceptors (Lipinski definition) is 7. The molecular weight excluding hydrogens is 552 g/mol. The lowest BCUT2D eigenvalue weighted by Gasteiger charge is -2.30. The zero-order chi connectivity index (χ0) is 31.5. The average molecular weight is 595 g/mol. The van der Waals surface area contributed by atoms with E-state index in [2.05, 4.69) is 16.0 Å². The molecule has 4 unspecified atom stereocenters. The number of carbonyl (C=O) groups is 5. The van der Waals surface area contributed by atoms with Crippen molar-refractivity contribution in [2.24, 2.45) is 17.4 Å². The first-order valence-corrected chi connectivity index (χ1v) is 14.5. The molecule has 8 N–H and O–H groups in total. The number of nitrogens with zero attached hydrogens (tertiary/aromatic N) is 1. The molecule has 232 valence electrons. The summed E-state index contributed by atoms with van der Waals surface area (Å²) in [6, 6.07) is 11.9. The Morgan fingerprint density at radius 3 is 2.19 bits per heavy atom. The predicted molar refractivity (Wildman–Crippen MR) is 160 cm³/mol. The van der Waals surface area contributed by atoms with Crippen molar-refractivity contribution in [3.05, 3.63) is 65.7 Å². The topological polar surface area (TPSA) is 197 Å². The van der Waals surface area contributed by atoms with Crippen molar-refractivity contribution in [1.29, 1.82) is 0 Å². The van der Waals surface area contributed by atoms with E-state index in [-0.39, 0.29) is 37.6 Å². The van der Waals surface area contributed by atoms with Gasteiger partial charge in [0, 0.05) is 13.0 Å². The second-order valence-electron chi connectivity index (χ2n) is 11.3. The van der Waals surface area contributed by atoms with Crippen molar-refractivity contribution in [3.63, 3.8) is 0 Å². The van der Waals surface area contributed by atoms with E-state index in [1.54, 1.807) is 12.1 Å². The fourth-order valence-corrected chi connectivity index (χ4v) is 5.08. The molecule has 1 aliphatic heterocycles. The van der Waals surface area contributed by atoms with Crippen LogP contribution in [-0.4, -0.2) is 76.8 Å². The predicted octanol–water partition coefficient (Wildman–Crippen LogP) is 0.113. The Kier molecular flexibility index (Phi) is 12.1. The number of carbonyl (C=O) groups excluding carboxylic acids is 5. The van der Waals surface area contributed by atoms with Crippen molar-refractivity contribution >= 4 is 29.5 Å². The lowest BCUT2D eigenvalue weighted by molar-refractivity contribution is -0.142. The Labute approximate surface area is 251 Å². The highest BCUT2D eigenvalue weighted by atomic mass is 16.3. The van der Waals surface area contributed by atoms with Crippen LogP contribution in [0, 0.1) is 5.92 Å². The van der Waals surface area contributed by atoms with Gasteiger partial charge in [0.15, 0.2) is 0 Å². The summed E-state index contributed by atoms with van der Waals surface area (Å²) >= 11 is 0. The van der Waals surface area contributed by atoms with E-state index in [1.807, 2.05) is 44.2 Å². The molecule has 0 aliphatic carbocycles. The highest BCUT2D eigenvalue weighted by molar-refractivity contribution is 5.95. The molecule has 4 atom stereocenters. The number of phenols is 1. The second-order valence-corrected chi connectivity index (χ2v) is 11.3. The van der Waals surface area contributed by atoms with Crippen LogP contribution >= 0.6 is 0 Å². The molecule has 1 fully saturated rings. The maximum Gasteiger partial charge on any atom is 0.246 e.